The second-order valence-electron chi connectivity index (χ2n) is 5.50. The van der Waals surface area contributed by atoms with Gasteiger partial charge in [-0.1, -0.05) is 6.07 Å². The fourth-order valence-electron chi connectivity index (χ4n) is 2.62. The van der Waals surface area contributed by atoms with Gasteiger partial charge in [0.25, 0.3) is 0 Å². The van der Waals surface area contributed by atoms with E-state index >= 15 is 0 Å². The number of aryl methyl sites for hydroxylation is 2. The van der Waals surface area contributed by atoms with Crippen LogP contribution in [0.3, 0.4) is 0 Å². The van der Waals surface area contributed by atoms with Crippen LogP contribution < -0.4 is 4.74 Å². The topological polar surface area (TPSA) is 35.5 Å². The van der Waals surface area contributed by atoms with E-state index < -0.39 is 5.60 Å². The molecule has 1 aliphatic rings. The molecule has 0 saturated carbocycles. The summed E-state index contributed by atoms with van der Waals surface area (Å²) in [5.41, 5.74) is 3.93. The Morgan fingerprint density at radius 1 is 1.37 bits per heavy atom. The van der Waals surface area contributed by atoms with Gasteiger partial charge >= 0.3 is 5.97 Å². The summed E-state index contributed by atoms with van der Waals surface area (Å²) in [4.78, 5) is 12.1. The number of ether oxygens (including phenoxy) is 2. The van der Waals surface area contributed by atoms with Crippen molar-refractivity contribution in [3.63, 3.8) is 0 Å². The molecule has 1 unspecified atom stereocenters. The smallest absolute Gasteiger partial charge is 0.350 e. The first-order valence-electron chi connectivity index (χ1n) is 6.85. The Kier molecular flexibility index (Phi) is 3.57. The predicted octanol–water partition coefficient (Wildman–Crippen LogP) is 3.26. The second kappa shape index (κ2) is 4.87. The first-order valence-corrected chi connectivity index (χ1v) is 6.85. The monoisotopic (exact) mass is 262 g/mol. The highest BCUT2D eigenvalue weighted by atomic mass is 16.6. The van der Waals surface area contributed by atoms with Gasteiger partial charge in [0.05, 0.1) is 6.61 Å². The van der Waals surface area contributed by atoms with Crippen molar-refractivity contribution in [3.8, 4) is 5.75 Å². The van der Waals surface area contributed by atoms with E-state index in [0.29, 0.717) is 13.0 Å². The van der Waals surface area contributed by atoms with Gasteiger partial charge in [0.1, 0.15) is 5.75 Å². The molecule has 1 aromatic carbocycles. The Balaban J connectivity index is 2.41. The molecule has 0 bridgehead atoms. The maximum Gasteiger partial charge on any atom is 0.350 e. The van der Waals surface area contributed by atoms with Gasteiger partial charge in [-0.2, -0.15) is 0 Å². The third kappa shape index (κ3) is 2.34. The lowest BCUT2D eigenvalue weighted by Crippen LogP contribution is -2.45. The van der Waals surface area contributed by atoms with Gasteiger partial charge in [-0.25, -0.2) is 4.79 Å². The summed E-state index contributed by atoms with van der Waals surface area (Å²) in [6.07, 6.45) is 1.53. The fraction of sp³-hybridized carbons (Fsp3) is 0.562. The van der Waals surface area contributed by atoms with Crippen molar-refractivity contribution in [2.75, 3.05) is 6.61 Å². The first kappa shape index (κ1) is 13.9. The minimum atomic E-state index is -0.853. The highest BCUT2D eigenvalue weighted by Crippen LogP contribution is 2.39. The van der Waals surface area contributed by atoms with E-state index in [1.165, 1.54) is 16.7 Å². The molecule has 2 rings (SSSR count). The minimum absolute atomic E-state index is 0.265. The summed E-state index contributed by atoms with van der Waals surface area (Å²) in [7, 11) is 0. The Labute approximate surface area is 114 Å². The van der Waals surface area contributed by atoms with Gasteiger partial charge in [0.15, 0.2) is 0 Å². The minimum Gasteiger partial charge on any atom is -0.475 e. The van der Waals surface area contributed by atoms with Crippen LogP contribution in [-0.4, -0.2) is 18.2 Å². The van der Waals surface area contributed by atoms with Crippen LogP contribution in [0.4, 0.5) is 0 Å². The van der Waals surface area contributed by atoms with E-state index in [4.69, 9.17) is 9.47 Å². The number of hydrogen-bond acceptors (Lipinski definition) is 3. The number of fused-ring (bicyclic) bond motifs is 1. The van der Waals surface area contributed by atoms with Gasteiger partial charge in [-0.3, -0.25) is 0 Å². The number of carbonyl (C=O) groups excluding carboxylic acids is 1. The third-order valence-electron chi connectivity index (χ3n) is 4.00. The molecular formula is C16H22O3. The summed E-state index contributed by atoms with van der Waals surface area (Å²) in [6.45, 7) is 10.2. The van der Waals surface area contributed by atoms with Crippen molar-refractivity contribution in [2.24, 2.45) is 0 Å². The van der Waals surface area contributed by atoms with Crippen LogP contribution in [0.5, 0.6) is 5.75 Å². The van der Waals surface area contributed by atoms with Crippen LogP contribution in [-0.2, 0) is 16.0 Å². The molecule has 1 heterocycles. The Morgan fingerprint density at radius 2 is 2.05 bits per heavy atom. The van der Waals surface area contributed by atoms with E-state index in [9.17, 15) is 4.79 Å². The summed E-state index contributed by atoms with van der Waals surface area (Å²) in [5.74, 6) is 0.610. The Morgan fingerprint density at radius 3 is 2.68 bits per heavy atom. The van der Waals surface area contributed by atoms with Crippen LogP contribution in [0.25, 0.3) is 0 Å². The molecule has 1 aliphatic heterocycles. The average molecular weight is 262 g/mol. The van der Waals surface area contributed by atoms with Gasteiger partial charge < -0.3 is 9.47 Å². The van der Waals surface area contributed by atoms with E-state index in [0.717, 1.165) is 17.7 Å². The molecule has 19 heavy (non-hydrogen) atoms. The number of rotatable bonds is 2. The SMILES string of the molecule is CCOC(=O)C1(C)CCc2c(C)cc(C)c(C)c2O1. The average Bonchev–Trinajstić information content (AvgIpc) is 2.36. The molecule has 3 nitrogen and oxygen atoms in total. The highest BCUT2D eigenvalue weighted by Gasteiger charge is 2.41. The van der Waals surface area contributed by atoms with Crippen LogP contribution in [0.2, 0.25) is 0 Å². The van der Waals surface area contributed by atoms with Gasteiger partial charge in [-0.05, 0) is 63.3 Å². The van der Waals surface area contributed by atoms with Crippen molar-refractivity contribution < 1.29 is 14.3 Å². The molecule has 1 aromatic rings. The first-order chi connectivity index (χ1) is 8.89. The molecule has 0 radical (unpaired) electrons. The molecular weight excluding hydrogens is 240 g/mol. The van der Waals surface area contributed by atoms with Crippen molar-refractivity contribution in [1.29, 1.82) is 0 Å². The molecule has 0 aliphatic carbocycles. The highest BCUT2D eigenvalue weighted by molar-refractivity contribution is 5.80. The molecule has 0 aromatic heterocycles. The summed E-state index contributed by atoms with van der Waals surface area (Å²) in [5, 5.41) is 0. The van der Waals surface area contributed by atoms with Gasteiger partial charge in [0, 0.05) is 6.42 Å². The lowest BCUT2D eigenvalue weighted by Gasteiger charge is -2.35. The third-order valence-corrected chi connectivity index (χ3v) is 4.00. The van der Waals surface area contributed by atoms with Crippen molar-refractivity contribution in [2.45, 2.75) is 53.1 Å². The lowest BCUT2D eigenvalue weighted by molar-refractivity contribution is -0.161. The molecule has 0 spiro atoms. The maximum atomic E-state index is 12.1. The quantitative estimate of drug-likeness (QED) is 0.767. The zero-order valence-electron chi connectivity index (χ0n) is 12.4. The van der Waals surface area contributed by atoms with E-state index in [-0.39, 0.29) is 5.97 Å². The predicted molar refractivity (Wildman–Crippen MR) is 74.6 cm³/mol. The Bertz CT molecular complexity index is 519. The molecule has 0 fully saturated rings. The zero-order chi connectivity index (χ0) is 14.2. The normalized spacial score (nSPS) is 21.5. The van der Waals surface area contributed by atoms with E-state index in [1.54, 1.807) is 0 Å². The molecule has 104 valence electrons. The van der Waals surface area contributed by atoms with Crippen LogP contribution in [0.1, 0.15) is 42.5 Å². The molecule has 1 atom stereocenters. The largest absolute Gasteiger partial charge is 0.475 e. The zero-order valence-corrected chi connectivity index (χ0v) is 12.4. The lowest BCUT2D eigenvalue weighted by atomic mass is 9.88. The summed E-state index contributed by atoms with van der Waals surface area (Å²) < 4.78 is 11.2. The van der Waals surface area contributed by atoms with Crippen LogP contribution in [0, 0.1) is 20.8 Å². The maximum absolute atomic E-state index is 12.1. The van der Waals surface area contributed by atoms with Gasteiger partial charge in [-0.15, -0.1) is 0 Å². The summed E-state index contributed by atoms with van der Waals surface area (Å²) in [6, 6.07) is 2.19. The molecule has 3 heteroatoms. The van der Waals surface area contributed by atoms with Crippen LogP contribution in [0.15, 0.2) is 6.07 Å². The van der Waals surface area contributed by atoms with Crippen molar-refractivity contribution in [1.82, 2.24) is 0 Å². The summed E-state index contributed by atoms with van der Waals surface area (Å²) >= 11 is 0. The Hall–Kier alpha value is -1.51. The number of benzene rings is 1. The van der Waals surface area contributed by atoms with E-state index in [2.05, 4.69) is 19.9 Å². The van der Waals surface area contributed by atoms with Crippen molar-refractivity contribution >= 4 is 5.97 Å². The molecule has 0 amide bonds. The molecule has 0 N–H and O–H groups in total. The second-order valence-corrected chi connectivity index (χ2v) is 5.50. The number of carbonyl (C=O) groups is 1. The number of hydrogen-bond donors (Lipinski definition) is 0. The van der Waals surface area contributed by atoms with E-state index in [1.807, 2.05) is 20.8 Å². The standard InChI is InChI=1S/C16H22O3/c1-6-18-15(17)16(5)8-7-13-11(3)9-10(2)12(4)14(13)19-16/h9H,6-8H2,1-5H3. The van der Waals surface area contributed by atoms with Crippen LogP contribution >= 0.6 is 0 Å². The number of esters is 1. The molecule has 0 saturated heterocycles. The van der Waals surface area contributed by atoms with Crippen molar-refractivity contribution in [3.05, 3.63) is 28.3 Å². The van der Waals surface area contributed by atoms with Gasteiger partial charge in [0.2, 0.25) is 5.60 Å². The fourth-order valence-corrected chi connectivity index (χ4v) is 2.62.